The number of nitrogens with zero attached hydrogens (tertiary/aromatic N) is 1. The Hall–Kier alpha value is -1.17. The molecule has 1 aliphatic carbocycles. The van der Waals surface area contributed by atoms with Crippen molar-refractivity contribution in [2.45, 2.75) is 31.2 Å². The van der Waals surface area contributed by atoms with E-state index in [9.17, 15) is 4.79 Å². The van der Waals surface area contributed by atoms with Gasteiger partial charge >= 0.3 is 0 Å². The summed E-state index contributed by atoms with van der Waals surface area (Å²) >= 11 is 0. The molecule has 3 rings (SSSR count). The Balaban J connectivity index is 0.00000121. The second-order valence-corrected chi connectivity index (χ2v) is 5.77. The van der Waals surface area contributed by atoms with Crippen LogP contribution in [0.4, 0.5) is 11.4 Å². The van der Waals surface area contributed by atoms with E-state index in [0.717, 1.165) is 49.4 Å². The first kappa shape index (κ1) is 18.9. The highest BCUT2D eigenvalue weighted by molar-refractivity contribution is 5.98. The molecule has 0 spiro atoms. The maximum Gasteiger partial charge on any atom is 0.244 e. The number of halogens is 2. The van der Waals surface area contributed by atoms with Crippen LogP contribution in [-0.2, 0) is 4.79 Å². The normalized spacial score (nSPS) is 18.4. The number of anilines is 2. The van der Waals surface area contributed by atoms with Gasteiger partial charge in [-0.1, -0.05) is 12.8 Å². The molecule has 0 bridgehead atoms. The first-order valence-electron chi connectivity index (χ1n) is 7.17. The summed E-state index contributed by atoms with van der Waals surface area (Å²) in [6.45, 7) is 1.55. The molecule has 0 aromatic heterocycles. The second kappa shape index (κ2) is 7.40. The molecule has 0 saturated heterocycles. The van der Waals surface area contributed by atoms with Crippen molar-refractivity contribution in [3.8, 4) is 5.75 Å². The highest BCUT2D eigenvalue weighted by atomic mass is 35.5. The highest BCUT2D eigenvalue weighted by Gasteiger charge is 2.37. The number of fused-ring (bicyclic) bond motifs is 1. The maximum absolute atomic E-state index is 12.3. The molecule has 0 atom stereocenters. The predicted octanol–water partition coefficient (Wildman–Crippen LogP) is 2.57. The van der Waals surface area contributed by atoms with Crippen LogP contribution in [0.15, 0.2) is 18.2 Å². The van der Waals surface area contributed by atoms with Gasteiger partial charge in [-0.15, -0.1) is 24.8 Å². The fourth-order valence-electron chi connectivity index (χ4n) is 2.92. The van der Waals surface area contributed by atoms with Crippen molar-refractivity contribution in [3.05, 3.63) is 18.2 Å². The molecule has 1 aliphatic heterocycles. The van der Waals surface area contributed by atoms with Crippen LogP contribution >= 0.6 is 24.8 Å². The van der Waals surface area contributed by atoms with Crippen LogP contribution in [0.1, 0.15) is 25.7 Å². The molecule has 2 aliphatic rings. The molecule has 7 heteroatoms. The summed E-state index contributed by atoms with van der Waals surface area (Å²) in [7, 11) is 2.02. The van der Waals surface area contributed by atoms with E-state index in [0.29, 0.717) is 6.61 Å². The van der Waals surface area contributed by atoms with Crippen LogP contribution in [0.5, 0.6) is 5.75 Å². The number of amides is 1. The molecule has 1 heterocycles. The van der Waals surface area contributed by atoms with Crippen LogP contribution in [0.25, 0.3) is 0 Å². The van der Waals surface area contributed by atoms with Gasteiger partial charge in [0.2, 0.25) is 5.91 Å². The van der Waals surface area contributed by atoms with E-state index in [2.05, 4.69) is 10.2 Å². The number of likely N-dealkylation sites (N-methyl/N-ethyl adjacent to an activating group) is 1. The summed E-state index contributed by atoms with van der Waals surface area (Å²) in [6.07, 6.45) is 3.61. The largest absolute Gasteiger partial charge is 0.490 e. The number of hydrogen-bond donors (Lipinski definition) is 2. The lowest BCUT2D eigenvalue weighted by atomic mass is 9.98. The maximum atomic E-state index is 12.3. The molecular formula is C15H23Cl2N3O2. The number of nitrogens with two attached hydrogens (primary N) is 1. The molecule has 0 radical (unpaired) electrons. The summed E-state index contributed by atoms with van der Waals surface area (Å²) in [5.74, 6) is 0.786. The molecule has 1 aromatic carbocycles. The van der Waals surface area contributed by atoms with Crippen molar-refractivity contribution in [2.75, 3.05) is 30.4 Å². The lowest BCUT2D eigenvalue weighted by molar-refractivity contribution is -0.121. The minimum absolute atomic E-state index is 0. The van der Waals surface area contributed by atoms with Crippen molar-refractivity contribution in [3.63, 3.8) is 0 Å². The van der Waals surface area contributed by atoms with Gasteiger partial charge in [0.15, 0.2) is 0 Å². The fraction of sp³-hybridized carbons (Fsp3) is 0.533. The molecule has 1 amide bonds. The molecular weight excluding hydrogens is 325 g/mol. The van der Waals surface area contributed by atoms with Gasteiger partial charge in [-0.3, -0.25) is 4.79 Å². The van der Waals surface area contributed by atoms with Gasteiger partial charge in [0.05, 0.1) is 17.8 Å². The third-order valence-electron chi connectivity index (χ3n) is 4.26. The molecule has 3 N–H and O–H groups in total. The van der Waals surface area contributed by atoms with Crippen LogP contribution in [-0.4, -0.2) is 31.6 Å². The molecule has 22 heavy (non-hydrogen) atoms. The van der Waals surface area contributed by atoms with Crippen molar-refractivity contribution in [2.24, 2.45) is 5.73 Å². The zero-order valence-electron chi connectivity index (χ0n) is 12.6. The first-order chi connectivity index (χ1) is 9.58. The summed E-state index contributed by atoms with van der Waals surface area (Å²) in [5, 5.41) is 2.95. The van der Waals surface area contributed by atoms with Gasteiger partial charge in [0, 0.05) is 12.7 Å². The van der Waals surface area contributed by atoms with E-state index in [1.165, 1.54) is 0 Å². The summed E-state index contributed by atoms with van der Waals surface area (Å²) in [6, 6.07) is 5.72. The average Bonchev–Trinajstić information content (AvgIpc) is 2.88. The lowest BCUT2D eigenvalue weighted by Crippen LogP contribution is -2.48. The van der Waals surface area contributed by atoms with Crippen molar-refractivity contribution >= 4 is 42.1 Å². The summed E-state index contributed by atoms with van der Waals surface area (Å²) in [5.41, 5.74) is 7.26. The summed E-state index contributed by atoms with van der Waals surface area (Å²) < 4.78 is 5.59. The second-order valence-electron chi connectivity index (χ2n) is 5.77. The van der Waals surface area contributed by atoms with E-state index in [4.69, 9.17) is 10.5 Å². The van der Waals surface area contributed by atoms with Gasteiger partial charge in [-0.25, -0.2) is 0 Å². The number of carbonyl (C=O) groups excluding carboxylic acids is 1. The van der Waals surface area contributed by atoms with E-state index in [-0.39, 0.29) is 30.7 Å². The highest BCUT2D eigenvalue weighted by Crippen LogP contribution is 2.34. The standard InChI is InChI=1S/C15H21N3O2.2ClH/c1-18-8-9-20-13-5-4-11(10-12(13)18)17-14(19)15(16)6-2-3-7-15;;/h4-5,10H,2-3,6-9,16H2,1H3,(H,17,19);2*1H. The number of benzene rings is 1. The Morgan fingerprint density at radius 2 is 2.00 bits per heavy atom. The predicted molar refractivity (Wildman–Crippen MR) is 93.7 cm³/mol. The van der Waals surface area contributed by atoms with E-state index in [1.54, 1.807) is 0 Å². The number of hydrogen-bond acceptors (Lipinski definition) is 4. The van der Waals surface area contributed by atoms with Gasteiger partial charge in [0.1, 0.15) is 12.4 Å². The molecule has 1 aromatic rings. The van der Waals surface area contributed by atoms with Gasteiger partial charge in [-0.2, -0.15) is 0 Å². The number of carbonyl (C=O) groups is 1. The van der Waals surface area contributed by atoms with E-state index in [1.807, 2.05) is 25.2 Å². The topological polar surface area (TPSA) is 67.6 Å². The Morgan fingerprint density at radius 1 is 1.32 bits per heavy atom. The van der Waals surface area contributed by atoms with Crippen molar-refractivity contribution < 1.29 is 9.53 Å². The Labute approximate surface area is 143 Å². The Morgan fingerprint density at radius 3 is 2.68 bits per heavy atom. The minimum atomic E-state index is -0.696. The molecule has 5 nitrogen and oxygen atoms in total. The minimum Gasteiger partial charge on any atom is -0.490 e. The number of rotatable bonds is 2. The zero-order valence-corrected chi connectivity index (χ0v) is 14.3. The molecule has 124 valence electrons. The SMILES string of the molecule is CN1CCOc2ccc(NC(=O)C3(N)CCCC3)cc21.Cl.Cl. The number of nitrogens with one attached hydrogen (secondary N) is 1. The monoisotopic (exact) mass is 347 g/mol. The molecule has 1 saturated carbocycles. The third kappa shape index (κ3) is 3.59. The van der Waals surface area contributed by atoms with E-state index < -0.39 is 5.54 Å². The van der Waals surface area contributed by atoms with Crippen LogP contribution in [0.2, 0.25) is 0 Å². The third-order valence-corrected chi connectivity index (χ3v) is 4.26. The quantitative estimate of drug-likeness (QED) is 0.862. The van der Waals surface area contributed by atoms with Crippen molar-refractivity contribution in [1.82, 2.24) is 0 Å². The van der Waals surface area contributed by atoms with Crippen LogP contribution < -0.4 is 20.7 Å². The summed E-state index contributed by atoms with van der Waals surface area (Å²) in [4.78, 5) is 14.4. The lowest BCUT2D eigenvalue weighted by Gasteiger charge is -2.28. The van der Waals surface area contributed by atoms with Gasteiger partial charge in [0.25, 0.3) is 0 Å². The molecule has 0 unspecified atom stereocenters. The van der Waals surface area contributed by atoms with E-state index >= 15 is 0 Å². The van der Waals surface area contributed by atoms with Crippen LogP contribution in [0.3, 0.4) is 0 Å². The number of ether oxygens (including phenoxy) is 1. The van der Waals surface area contributed by atoms with Gasteiger partial charge in [-0.05, 0) is 31.0 Å². The van der Waals surface area contributed by atoms with Gasteiger partial charge < -0.3 is 20.7 Å². The van der Waals surface area contributed by atoms with Crippen molar-refractivity contribution in [1.29, 1.82) is 0 Å². The first-order valence-corrected chi connectivity index (χ1v) is 7.17. The Bertz CT molecular complexity index is 534. The average molecular weight is 348 g/mol. The zero-order chi connectivity index (χ0) is 14.2. The van der Waals surface area contributed by atoms with Crippen LogP contribution in [0, 0.1) is 0 Å². The Kier molecular flexibility index (Phi) is 6.35. The smallest absolute Gasteiger partial charge is 0.244 e. The fourth-order valence-corrected chi connectivity index (χ4v) is 2.92. The molecule has 1 fully saturated rings.